The van der Waals surface area contributed by atoms with Crippen LogP contribution in [0, 0.1) is 13.8 Å². The van der Waals surface area contributed by atoms with Gasteiger partial charge < -0.3 is 0 Å². The van der Waals surface area contributed by atoms with E-state index >= 15 is 0 Å². The molecule has 0 aliphatic carbocycles. The highest BCUT2D eigenvalue weighted by Gasteiger charge is 2.15. The van der Waals surface area contributed by atoms with Gasteiger partial charge in [0.05, 0.1) is 0 Å². The average Bonchev–Trinajstić information content (AvgIpc) is 2.40. The van der Waals surface area contributed by atoms with Crippen LogP contribution in [0.15, 0.2) is 48.5 Å². The zero-order chi connectivity index (χ0) is 13.0. The van der Waals surface area contributed by atoms with E-state index in [2.05, 4.69) is 69.3 Å². The maximum atomic E-state index is 2.35. The molecule has 2 aromatic rings. The lowest BCUT2D eigenvalue weighted by molar-refractivity contribution is 0.694. The highest BCUT2D eigenvalue weighted by Crippen LogP contribution is 2.31. The van der Waals surface area contributed by atoms with Crippen molar-refractivity contribution in [3.63, 3.8) is 0 Å². The summed E-state index contributed by atoms with van der Waals surface area (Å²) in [7, 11) is 0. The summed E-state index contributed by atoms with van der Waals surface area (Å²) in [5.41, 5.74) is 5.69. The quantitative estimate of drug-likeness (QED) is 0.683. The Balaban J connectivity index is 2.44. The molecule has 0 saturated heterocycles. The third-order valence-electron chi connectivity index (χ3n) is 3.59. The molecule has 0 heteroatoms. The Labute approximate surface area is 111 Å². The third kappa shape index (κ3) is 2.81. The molecule has 2 rings (SSSR count). The van der Waals surface area contributed by atoms with Crippen molar-refractivity contribution in [2.24, 2.45) is 0 Å². The Bertz CT molecular complexity index is 497. The molecule has 0 heterocycles. The van der Waals surface area contributed by atoms with E-state index in [1.54, 1.807) is 0 Å². The molecular formula is C18H22. The highest BCUT2D eigenvalue weighted by atomic mass is 14.2. The number of hydrogen-bond donors (Lipinski definition) is 0. The van der Waals surface area contributed by atoms with E-state index in [-0.39, 0.29) is 0 Å². The summed E-state index contributed by atoms with van der Waals surface area (Å²) in [5, 5.41) is 0. The Kier molecular flexibility index (Phi) is 4.19. The van der Waals surface area contributed by atoms with E-state index in [9.17, 15) is 0 Å². The van der Waals surface area contributed by atoms with Gasteiger partial charge >= 0.3 is 0 Å². The monoisotopic (exact) mass is 238 g/mol. The van der Waals surface area contributed by atoms with E-state index in [0.29, 0.717) is 5.92 Å². The van der Waals surface area contributed by atoms with Gasteiger partial charge in [0.15, 0.2) is 0 Å². The maximum Gasteiger partial charge on any atom is 0.00919 e. The first-order chi connectivity index (χ1) is 8.72. The first kappa shape index (κ1) is 12.9. The molecule has 0 nitrogen and oxygen atoms in total. The van der Waals surface area contributed by atoms with Gasteiger partial charge in [-0.1, -0.05) is 67.4 Å². The van der Waals surface area contributed by atoms with E-state index < -0.39 is 0 Å². The minimum atomic E-state index is 0.538. The standard InChI is InChI=1S/C18H22/c1-4-8-17(16-9-6-5-7-10-16)18-13-14(2)11-12-15(18)3/h5-7,9-13,17H,4,8H2,1-3H3. The van der Waals surface area contributed by atoms with Gasteiger partial charge in [-0.3, -0.25) is 0 Å². The molecule has 1 atom stereocenters. The molecule has 0 bridgehead atoms. The van der Waals surface area contributed by atoms with Gasteiger partial charge in [0.25, 0.3) is 0 Å². The fourth-order valence-electron chi connectivity index (χ4n) is 2.61. The zero-order valence-corrected chi connectivity index (χ0v) is 11.6. The van der Waals surface area contributed by atoms with Crippen LogP contribution in [0.5, 0.6) is 0 Å². The summed E-state index contributed by atoms with van der Waals surface area (Å²) in [5.74, 6) is 0.538. The predicted octanol–water partition coefficient (Wildman–Crippen LogP) is 5.24. The molecule has 0 spiro atoms. The Morgan fingerprint density at radius 2 is 1.67 bits per heavy atom. The Hall–Kier alpha value is -1.56. The molecule has 0 N–H and O–H groups in total. The summed E-state index contributed by atoms with van der Waals surface area (Å²) in [6.45, 7) is 6.67. The smallest absolute Gasteiger partial charge is 0.00919 e. The topological polar surface area (TPSA) is 0 Å². The van der Waals surface area contributed by atoms with Crippen molar-refractivity contribution >= 4 is 0 Å². The van der Waals surface area contributed by atoms with Crippen molar-refractivity contribution < 1.29 is 0 Å². The first-order valence-electron chi connectivity index (χ1n) is 6.84. The third-order valence-corrected chi connectivity index (χ3v) is 3.59. The second kappa shape index (κ2) is 5.86. The minimum Gasteiger partial charge on any atom is -0.0653 e. The summed E-state index contributed by atoms with van der Waals surface area (Å²) in [6.07, 6.45) is 2.43. The van der Waals surface area contributed by atoms with Crippen LogP contribution in [0.2, 0.25) is 0 Å². The summed E-state index contributed by atoms with van der Waals surface area (Å²) >= 11 is 0. The normalized spacial score (nSPS) is 12.4. The van der Waals surface area contributed by atoms with Crippen molar-refractivity contribution in [1.29, 1.82) is 0 Å². The van der Waals surface area contributed by atoms with E-state index in [1.807, 2.05) is 0 Å². The largest absolute Gasteiger partial charge is 0.0653 e. The lowest BCUT2D eigenvalue weighted by atomic mass is 9.84. The van der Waals surface area contributed by atoms with Gasteiger partial charge in [0.2, 0.25) is 0 Å². The molecule has 0 aliphatic heterocycles. The van der Waals surface area contributed by atoms with Crippen LogP contribution >= 0.6 is 0 Å². The van der Waals surface area contributed by atoms with Crippen molar-refractivity contribution in [1.82, 2.24) is 0 Å². The van der Waals surface area contributed by atoms with Crippen molar-refractivity contribution in [3.05, 3.63) is 70.8 Å². The lowest BCUT2D eigenvalue weighted by Crippen LogP contribution is -2.03. The highest BCUT2D eigenvalue weighted by molar-refractivity contribution is 5.39. The number of benzene rings is 2. The Morgan fingerprint density at radius 1 is 0.944 bits per heavy atom. The predicted molar refractivity (Wildman–Crippen MR) is 79.1 cm³/mol. The maximum absolute atomic E-state index is 2.35. The number of hydrogen-bond acceptors (Lipinski definition) is 0. The fourth-order valence-corrected chi connectivity index (χ4v) is 2.61. The molecule has 0 aliphatic rings. The van der Waals surface area contributed by atoms with Crippen LogP contribution in [0.25, 0.3) is 0 Å². The first-order valence-corrected chi connectivity index (χ1v) is 6.84. The molecule has 2 aromatic carbocycles. The van der Waals surface area contributed by atoms with Crippen molar-refractivity contribution in [2.75, 3.05) is 0 Å². The van der Waals surface area contributed by atoms with Crippen LogP contribution < -0.4 is 0 Å². The van der Waals surface area contributed by atoms with Gasteiger partial charge in [-0.05, 0) is 37.0 Å². The van der Waals surface area contributed by atoms with Gasteiger partial charge in [0, 0.05) is 5.92 Å². The molecule has 0 fully saturated rings. The molecule has 0 saturated carbocycles. The molecule has 94 valence electrons. The molecule has 0 aromatic heterocycles. The average molecular weight is 238 g/mol. The summed E-state index contributed by atoms with van der Waals surface area (Å²) < 4.78 is 0. The van der Waals surface area contributed by atoms with Crippen LogP contribution in [0.3, 0.4) is 0 Å². The Morgan fingerprint density at radius 3 is 2.33 bits per heavy atom. The van der Waals surface area contributed by atoms with Gasteiger partial charge in [-0.2, -0.15) is 0 Å². The second-order valence-electron chi connectivity index (χ2n) is 5.11. The number of rotatable bonds is 4. The van der Waals surface area contributed by atoms with E-state index in [0.717, 1.165) is 0 Å². The summed E-state index contributed by atoms with van der Waals surface area (Å²) in [6, 6.07) is 17.7. The van der Waals surface area contributed by atoms with Crippen molar-refractivity contribution in [3.8, 4) is 0 Å². The lowest BCUT2D eigenvalue weighted by Gasteiger charge is -2.20. The van der Waals surface area contributed by atoms with Crippen molar-refractivity contribution in [2.45, 2.75) is 39.5 Å². The molecule has 18 heavy (non-hydrogen) atoms. The zero-order valence-electron chi connectivity index (χ0n) is 11.6. The second-order valence-corrected chi connectivity index (χ2v) is 5.11. The molecular weight excluding hydrogens is 216 g/mol. The van der Waals surface area contributed by atoms with Crippen LogP contribution in [-0.4, -0.2) is 0 Å². The van der Waals surface area contributed by atoms with Crippen LogP contribution in [-0.2, 0) is 0 Å². The van der Waals surface area contributed by atoms with Gasteiger partial charge in [-0.15, -0.1) is 0 Å². The number of aryl methyl sites for hydroxylation is 2. The molecule has 1 unspecified atom stereocenters. The minimum absolute atomic E-state index is 0.538. The molecule has 0 amide bonds. The van der Waals surface area contributed by atoms with Gasteiger partial charge in [0.1, 0.15) is 0 Å². The molecule has 0 radical (unpaired) electrons. The van der Waals surface area contributed by atoms with E-state index in [1.165, 1.54) is 35.1 Å². The summed E-state index contributed by atoms with van der Waals surface area (Å²) in [4.78, 5) is 0. The SMILES string of the molecule is CCCC(c1ccccc1)c1cc(C)ccc1C. The van der Waals surface area contributed by atoms with Crippen LogP contribution in [0.4, 0.5) is 0 Å². The van der Waals surface area contributed by atoms with Crippen LogP contribution in [0.1, 0.15) is 47.9 Å². The fraction of sp³-hybridized carbons (Fsp3) is 0.333. The van der Waals surface area contributed by atoms with Gasteiger partial charge in [-0.25, -0.2) is 0 Å². The van der Waals surface area contributed by atoms with E-state index in [4.69, 9.17) is 0 Å².